The Morgan fingerprint density at radius 2 is 1.53 bits per heavy atom. The van der Waals surface area contributed by atoms with E-state index in [-0.39, 0.29) is 17.8 Å². The van der Waals surface area contributed by atoms with Crippen molar-refractivity contribution in [1.29, 1.82) is 0 Å². The molecule has 0 saturated carbocycles. The number of carbonyl (C=O) groups is 3. The summed E-state index contributed by atoms with van der Waals surface area (Å²) in [5.74, 6) is -0.480. The van der Waals surface area contributed by atoms with Crippen LogP contribution in [0.15, 0.2) is 84.9 Å². The molecule has 3 aromatic carbocycles. The van der Waals surface area contributed by atoms with Crippen LogP contribution in [0.25, 0.3) is 0 Å². The standard InChI is InChI=1S/C31H32N2O5/c1-37-30(35)25-14-8-9-15-26(25)32-29(24-12-6-3-7-13-24)31(36)38-28-21-33(18-16-23(28)17-19-33)20-27(34)22-10-4-2-5-11-22/h2-15,23,28-29H,16-21H2,1H3/p+1/t23?,28-,29?,33?/m0/s1. The fourth-order valence-corrected chi connectivity index (χ4v) is 5.79. The van der Waals surface area contributed by atoms with E-state index >= 15 is 0 Å². The third-order valence-electron chi connectivity index (χ3n) is 7.88. The summed E-state index contributed by atoms with van der Waals surface area (Å²) in [4.78, 5) is 39.1. The van der Waals surface area contributed by atoms with E-state index in [0.29, 0.717) is 28.8 Å². The Balaban J connectivity index is 1.35. The van der Waals surface area contributed by atoms with Crippen molar-refractivity contribution in [1.82, 2.24) is 0 Å². The SMILES string of the molecule is COC(=O)c1ccccc1NC(C(=O)O[C@H]1C[N+]2(CC(=O)c3ccccc3)CCC1CC2)c1ccccc1. The van der Waals surface area contributed by atoms with Gasteiger partial charge in [-0.1, -0.05) is 72.8 Å². The van der Waals surface area contributed by atoms with Crippen LogP contribution in [0.4, 0.5) is 5.69 Å². The van der Waals surface area contributed by atoms with Gasteiger partial charge in [0.1, 0.15) is 13.1 Å². The van der Waals surface area contributed by atoms with Gasteiger partial charge in [-0.3, -0.25) is 4.79 Å². The molecule has 0 aliphatic carbocycles. The zero-order valence-corrected chi connectivity index (χ0v) is 21.5. The summed E-state index contributed by atoms with van der Waals surface area (Å²) in [5.41, 5.74) is 2.30. The lowest BCUT2D eigenvalue weighted by molar-refractivity contribution is -0.938. The second-order valence-electron chi connectivity index (χ2n) is 10.3. The van der Waals surface area contributed by atoms with Crippen LogP contribution in [0.1, 0.15) is 45.2 Å². The van der Waals surface area contributed by atoms with Crippen LogP contribution in [0.2, 0.25) is 0 Å². The van der Waals surface area contributed by atoms with Gasteiger partial charge < -0.3 is 19.3 Å². The number of nitrogens with zero attached hydrogens (tertiary/aromatic N) is 1. The lowest BCUT2D eigenvalue weighted by Gasteiger charge is -2.51. The molecule has 7 nitrogen and oxygen atoms in total. The number of esters is 2. The number of hydrogen-bond donors (Lipinski definition) is 1. The van der Waals surface area contributed by atoms with Crippen LogP contribution in [0.3, 0.4) is 0 Å². The minimum Gasteiger partial charge on any atom is -0.465 e. The summed E-state index contributed by atoms with van der Waals surface area (Å²) in [6.45, 7) is 2.89. The van der Waals surface area contributed by atoms with Gasteiger partial charge in [-0.25, -0.2) is 9.59 Å². The van der Waals surface area contributed by atoms with E-state index in [9.17, 15) is 14.4 Å². The number of para-hydroxylation sites is 1. The average molecular weight is 514 g/mol. The molecule has 0 radical (unpaired) electrons. The number of anilines is 1. The molecule has 1 N–H and O–H groups in total. The number of methoxy groups -OCH3 is 1. The molecule has 196 valence electrons. The molecule has 2 bridgehead atoms. The average Bonchev–Trinajstić information content (AvgIpc) is 2.97. The third kappa shape index (κ3) is 5.48. The van der Waals surface area contributed by atoms with E-state index in [1.165, 1.54) is 7.11 Å². The highest BCUT2D eigenvalue weighted by Gasteiger charge is 2.49. The Morgan fingerprint density at radius 3 is 2.21 bits per heavy atom. The summed E-state index contributed by atoms with van der Waals surface area (Å²) in [6.07, 6.45) is 1.58. The number of quaternary nitrogens is 1. The van der Waals surface area contributed by atoms with Crippen molar-refractivity contribution in [2.24, 2.45) is 5.92 Å². The number of piperidine rings is 3. The summed E-state index contributed by atoms with van der Waals surface area (Å²) >= 11 is 0. The van der Waals surface area contributed by atoms with Crippen molar-refractivity contribution in [2.45, 2.75) is 25.0 Å². The first kappa shape index (κ1) is 25.7. The molecule has 1 unspecified atom stereocenters. The molecule has 3 heterocycles. The smallest absolute Gasteiger partial charge is 0.339 e. The summed E-state index contributed by atoms with van der Waals surface area (Å²) in [7, 11) is 1.33. The highest BCUT2D eigenvalue weighted by atomic mass is 16.5. The van der Waals surface area contributed by atoms with Gasteiger partial charge in [0.05, 0.1) is 25.8 Å². The van der Waals surface area contributed by atoms with Crippen molar-refractivity contribution in [3.63, 3.8) is 0 Å². The predicted molar refractivity (Wildman–Crippen MR) is 144 cm³/mol. The summed E-state index contributed by atoms with van der Waals surface area (Å²) in [6, 6.07) is 24.9. The molecule has 0 aromatic heterocycles. The van der Waals surface area contributed by atoms with Gasteiger partial charge in [0.2, 0.25) is 5.78 Å². The second kappa shape index (κ2) is 11.2. The van der Waals surface area contributed by atoms with Gasteiger partial charge in [-0.2, -0.15) is 0 Å². The van der Waals surface area contributed by atoms with Crippen LogP contribution in [0.5, 0.6) is 0 Å². The topological polar surface area (TPSA) is 81.7 Å². The number of fused-ring (bicyclic) bond motifs is 3. The zero-order valence-electron chi connectivity index (χ0n) is 21.5. The molecular formula is C31H33N2O5+. The maximum Gasteiger partial charge on any atom is 0.339 e. The van der Waals surface area contributed by atoms with Gasteiger partial charge >= 0.3 is 11.9 Å². The van der Waals surface area contributed by atoms with Gasteiger partial charge in [0.25, 0.3) is 0 Å². The van der Waals surface area contributed by atoms with Gasteiger partial charge in [-0.05, 0) is 17.7 Å². The Kier molecular flexibility index (Phi) is 7.56. The minimum atomic E-state index is -0.808. The lowest BCUT2D eigenvalue weighted by Crippen LogP contribution is -2.65. The van der Waals surface area contributed by atoms with E-state index in [0.717, 1.165) is 37.1 Å². The Labute approximate surface area is 223 Å². The molecule has 3 aliphatic heterocycles. The van der Waals surface area contributed by atoms with E-state index in [2.05, 4.69) is 5.32 Å². The fourth-order valence-electron chi connectivity index (χ4n) is 5.79. The number of rotatable bonds is 9. The molecule has 2 atom stereocenters. The molecule has 0 spiro atoms. The largest absolute Gasteiger partial charge is 0.465 e. The van der Waals surface area contributed by atoms with Crippen LogP contribution in [-0.2, 0) is 14.3 Å². The molecule has 3 aromatic rings. The maximum absolute atomic E-state index is 13.7. The number of carbonyl (C=O) groups excluding carboxylic acids is 3. The Morgan fingerprint density at radius 1 is 0.895 bits per heavy atom. The first-order valence-electron chi connectivity index (χ1n) is 13.1. The number of benzene rings is 3. The molecule has 3 aliphatic rings. The number of ketones is 1. The minimum absolute atomic E-state index is 0.124. The van der Waals surface area contributed by atoms with Gasteiger partial charge in [-0.15, -0.1) is 0 Å². The summed E-state index contributed by atoms with van der Waals surface area (Å²) < 4.78 is 11.8. The van der Waals surface area contributed by atoms with E-state index < -0.39 is 18.0 Å². The predicted octanol–water partition coefficient (Wildman–Crippen LogP) is 4.66. The number of Topliss-reactive ketones (excluding diaryl/α,β-unsaturated/α-hetero) is 1. The quantitative estimate of drug-likeness (QED) is 0.255. The Hall–Kier alpha value is -3.97. The van der Waals surface area contributed by atoms with Crippen LogP contribution >= 0.6 is 0 Å². The number of nitrogens with one attached hydrogen (secondary N) is 1. The molecule has 0 amide bonds. The van der Waals surface area contributed by atoms with E-state index in [1.54, 1.807) is 24.3 Å². The van der Waals surface area contributed by atoms with E-state index in [4.69, 9.17) is 9.47 Å². The first-order chi connectivity index (χ1) is 18.5. The molecule has 3 fully saturated rings. The van der Waals surface area contributed by atoms with Crippen LogP contribution < -0.4 is 5.32 Å². The molecule has 3 saturated heterocycles. The van der Waals surface area contributed by atoms with Crippen molar-refractivity contribution in [2.75, 3.05) is 38.6 Å². The highest BCUT2D eigenvalue weighted by molar-refractivity contribution is 5.97. The van der Waals surface area contributed by atoms with Crippen molar-refractivity contribution in [3.8, 4) is 0 Å². The first-order valence-corrected chi connectivity index (χ1v) is 13.1. The number of hydrogen-bond acceptors (Lipinski definition) is 6. The maximum atomic E-state index is 13.7. The van der Waals surface area contributed by atoms with Crippen LogP contribution in [0, 0.1) is 5.92 Å². The monoisotopic (exact) mass is 513 g/mol. The number of ether oxygens (including phenoxy) is 2. The normalized spacial score (nSPS) is 22.8. The van der Waals surface area contributed by atoms with Crippen molar-refractivity contribution >= 4 is 23.4 Å². The van der Waals surface area contributed by atoms with Crippen LogP contribution in [-0.4, -0.2) is 61.6 Å². The molecular weight excluding hydrogens is 480 g/mol. The fraction of sp³-hybridized carbons (Fsp3) is 0.323. The summed E-state index contributed by atoms with van der Waals surface area (Å²) in [5, 5.41) is 3.24. The highest BCUT2D eigenvalue weighted by Crippen LogP contribution is 2.37. The Bertz CT molecular complexity index is 1290. The molecule has 6 rings (SSSR count). The lowest BCUT2D eigenvalue weighted by atomic mass is 9.82. The van der Waals surface area contributed by atoms with Crippen molar-refractivity contribution < 1.29 is 28.3 Å². The molecule has 7 heteroatoms. The second-order valence-corrected chi connectivity index (χ2v) is 10.3. The third-order valence-corrected chi connectivity index (χ3v) is 7.88. The van der Waals surface area contributed by atoms with Crippen molar-refractivity contribution in [3.05, 3.63) is 102 Å². The zero-order chi connectivity index (χ0) is 26.5. The van der Waals surface area contributed by atoms with Gasteiger partial charge in [0.15, 0.2) is 12.1 Å². The van der Waals surface area contributed by atoms with E-state index in [1.807, 2.05) is 60.7 Å². The van der Waals surface area contributed by atoms with Gasteiger partial charge in [0, 0.05) is 30.0 Å². The molecule has 38 heavy (non-hydrogen) atoms.